The van der Waals surface area contributed by atoms with E-state index in [2.05, 4.69) is 10.1 Å². The zero-order valence-corrected chi connectivity index (χ0v) is 10.5. The van der Waals surface area contributed by atoms with Gasteiger partial charge in [-0.3, -0.25) is 4.90 Å². The molecule has 0 radical (unpaired) electrons. The molecule has 1 saturated heterocycles. The van der Waals surface area contributed by atoms with Crippen molar-refractivity contribution in [3.8, 4) is 0 Å². The number of aliphatic hydroxyl groups is 1. The number of nitrogens with zero attached hydrogens (tertiary/aromatic N) is 2. The summed E-state index contributed by atoms with van der Waals surface area (Å²) >= 11 is 0. The van der Waals surface area contributed by atoms with Crippen molar-refractivity contribution in [2.24, 2.45) is 16.3 Å². The van der Waals surface area contributed by atoms with E-state index in [0.29, 0.717) is 12.3 Å². The van der Waals surface area contributed by atoms with Gasteiger partial charge in [0.05, 0.1) is 5.60 Å². The fraction of sp³-hybridized carbons (Fsp3) is 0.917. The van der Waals surface area contributed by atoms with Crippen molar-refractivity contribution >= 4 is 5.84 Å². The second-order valence-electron chi connectivity index (χ2n) is 6.08. The van der Waals surface area contributed by atoms with Gasteiger partial charge >= 0.3 is 0 Å². The highest BCUT2D eigenvalue weighted by Crippen LogP contribution is 2.49. The molecule has 1 unspecified atom stereocenters. The van der Waals surface area contributed by atoms with Crippen LogP contribution in [0.25, 0.3) is 0 Å². The molecule has 1 aliphatic heterocycles. The van der Waals surface area contributed by atoms with Gasteiger partial charge in [-0.1, -0.05) is 5.16 Å². The lowest BCUT2D eigenvalue weighted by Gasteiger charge is -2.38. The van der Waals surface area contributed by atoms with Crippen LogP contribution in [0.3, 0.4) is 0 Å². The van der Waals surface area contributed by atoms with Crippen molar-refractivity contribution < 1.29 is 10.3 Å². The summed E-state index contributed by atoms with van der Waals surface area (Å²) in [6.07, 6.45) is 4.88. The van der Waals surface area contributed by atoms with Gasteiger partial charge in [0.2, 0.25) is 0 Å². The third-order valence-electron chi connectivity index (χ3n) is 3.95. The molecule has 0 aromatic rings. The first-order chi connectivity index (χ1) is 7.95. The number of hydrogen-bond donors (Lipinski definition) is 3. The molecule has 2 fully saturated rings. The Morgan fingerprint density at radius 1 is 1.41 bits per heavy atom. The van der Waals surface area contributed by atoms with Gasteiger partial charge < -0.3 is 16.0 Å². The van der Waals surface area contributed by atoms with E-state index in [-0.39, 0.29) is 5.41 Å². The normalized spacial score (nSPS) is 33.6. The van der Waals surface area contributed by atoms with E-state index in [9.17, 15) is 5.11 Å². The third kappa shape index (κ3) is 3.33. The maximum absolute atomic E-state index is 10.1. The predicted octanol–water partition coefficient (Wildman–Crippen LogP) is 0.750. The zero-order chi connectivity index (χ0) is 12.5. The van der Waals surface area contributed by atoms with E-state index >= 15 is 0 Å². The summed E-state index contributed by atoms with van der Waals surface area (Å²) in [5.74, 6) is 0.325. The Kier molecular flexibility index (Phi) is 3.32. The van der Waals surface area contributed by atoms with Gasteiger partial charge in [0.15, 0.2) is 0 Å². The lowest BCUT2D eigenvalue weighted by atomic mass is 9.93. The molecule has 0 aromatic heterocycles. The molecule has 2 rings (SSSR count). The molecule has 0 bridgehead atoms. The maximum atomic E-state index is 10.1. The van der Waals surface area contributed by atoms with Gasteiger partial charge in [-0.25, -0.2) is 0 Å². The summed E-state index contributed by atoms with van der Waals surface area (Å²) in [5.41, 5.74) is 5.24. The number of rotatable bonds is 4. The summed E-state index contributed by atoms with van der Waals surface area (Å²) < 4.78 is 0. The van der Waals surface area contributed by atoms with E-state index in [1.807, 2.05) is 6.92 Å². The van der Waals surface area contributed by atoms with Crippen molar-refractivity contribution in [2.45, 2.75) is 44.6 Å². The molecule has 0 spiro atoms. The fourth-order valence-electron chi connectivity index (χ4n) is 2.92. The second kappa shape index (κ2) is 4.46. The van der Waals surface area contributed by atoms with Crippen LogP contribution in [-0.2, 0) is 0 Å². The van der Waals surface area contributed by atoms with Crippen LogP contribution in [0, 0.1) is 5.41 Å². The topological polar surface area (TPSA) is 82.1 Å². The van der Waals surface area contributed by atoms with Gasteiger partial charge in [0.25, 0.3) is 0 Å². The molecule has 5 nitrogen and oxygen atoms in total. The van der Waals surface area contributed by atoms with E-state index in [1.54, 1.807) is 0 Å². The second-order valence-corrected chi connectivity index (χ2v) is 6.08. The van der Waals surface area contributed by atoms with Gasteiger partial charge in [-0.05, 0) is 44.6 Å². The number of amidine groups is 1. The lowest BCUT2D eigenvalue weighted by Crippen LogP contribution is -2.48. The SMILES string of the molecule is CC1(O)CCCN(CC2(CC(N)=NO)CC2)C1. The van der Waals surface area contributed by atoms with Gasteiger partial charge in [0.1, 0.15) is 5.84 Å². The molecule has 1 atom stereocenters. The summed E-state index contributed by atoms with van der Waals surface area (Å²) in [7, 11) is 0. The highest BCUT2D eigenvalue weighted by molar-refractivity contribution is 5.80. The number of likely N-dealkylation sites (tertiary alicyclic amines) is 1. The van der Waals surface area contributed by atoms with Crippen LogP contribution in [-0.4, -0.2) is 46.3 Å². The first-order valence-electron chi connectivity index (χ1n) is 6.36. The summed E-state index contributed by atoms with van der Waals surface area (Å²) in [4.78, 5) is 2.32. The highest BCUT2D eigenvalue weighted by atomic mass is 16.4. The van der Waals surface area contributed by atoms with Gasteiger partial charge in [-0.15, -0.1) is 0 Å². The van der Waals surface area contributed by atoms with Crippen molar-refractivity contribution in [1.82, 2.24) is 4.90 Å². The average molecular weight is 241 g/mol. The predicted molar refractivity (Wildman–Crippen MR) is 66.0 cm³/mol. The molecule has 2 aliphatic rings. The van der Waals surface area contributed by atoms with Crippen LogP contribution in [0.1, 0.15) is 39.0 Å². The highest BCUT2D eigenvalue weighted by Gasteiger charge is 2.45. The number of oxime groups is 1. The number of β-amino-alcohol motifs (C(OH)–C–C–N with tert-alkyl or cyclic N) is 1. The minimum absolute atomic E-state index is 0.198. The van der Waals surface area contributed by atoms with E-state index in [0.717, 1.165) is 45.3 Å². The maximum Gasteiger partial charge on any atom is 0.139 e. The van der Waals surface area contributed by atoms with Crippen LogP contribution in [0.2, 0.25) is 0 Å². The van der Waals surface area contributed by atoms with Crippen LogP contribution >= 0.6 is 0 Å². The molecule has 98 valence electrons. The van der Waals surface area contributed by atoms with E-state index < -0.39 is 5.60 Å². The quantitative estimate of drug-likeness (QED) is 0.293. The molecule has 1 heterocycles. The molecule has 0 aromatic carbocycles. The average Bonchev–Trinajstić information content (AvgIpc) is 2.96. The summed E-state index contributed by atoms with van der Waals surface area (Å²) in [6.45, 7) is 4.65. The Labute approximate surface area is 102 Å². The first kappa shape index (κ1) is 12.6. The largest absolute Gasteiger partial charge is 0.409 e. The number of hydrogen-bond acceptors (Lipinski definition) is 4. The monoisotopic (exact) mass is 241 g/mol. The third-order valence-corrected chi connectivity index (χ3v) is 3.95. The Morgan fingerprint density at radius 3 is 2.65 bits per heavy atom. The molecule has 1 saturated carbocycles. The lowest BCUT2D eigenvalue weighted by molar-refractivity contribution is -0.0210. The van der Waals surface area contributed by atoms with Gasteiger partial charge in [-0.2, -0.15) is 0 Å². The molecule has 0 amide bonds. The smallest absolute Gasteiger partial charge is 0.139 e. The van der Waals surface area contributed by atoms with Gasteiger partial charge in [0, 0.05) is 19.5 Å². The Bertz CT molecular complexity index is 311. The van der Waals surface area contributed by atoms with E-state index in [1.165, 1.54) is 0 Å². The standard InChI is InChI=1S/C12H23N3O2/c1-11(16)3-2-6-15(8-11)9-12(4-5-12)7-10(13)14-17/h16-17H,2-9H2,1H3,(H2,13,14). The zero-order valence-electron chi connectivity index (χ0n) is 10.5. The van der Waals surface area contributed by atoms with Crippen LogP contribution in [0.4, 0.5) is 0 Å². The molecule has 4 N–H and O–H groups in total. The fourth-order valence-corrected chi connectivity index (χ4v) is 2.92. The first-order valence-corrected chi connectivity index (χ1v) is 6.36. The molecule has 17 heavy (non-hydrogen) atoms. The summed E-state index contributed by atoms with van der Waals surface area (Å²) in [6, 6.07) is 0. The summed E-state index contributed by atoms with van der Waals surface area (Å²) in [5, 5.41) is 21.7. The molecular formula is C12H23N3O2. The Morgan fingerprint density at radius 2 is 2.12 bits per heavy atom. The number of nitrogens with two attached hydrogens (primary N) is 1. The Hall–Kier alpha value is -0.810. The Balaban J connectivity index is 1.88. The van der Waals surface area contributed by atoms with Crippen LogP contribution in [0.5, 0.6) is 0 Å². The van der Waals surface area contributed by atoms with Crippen LogP contribution in [0.15, 0.2) is 5.16 Å². The minimum atomic E-state index is -0.551. The van der Waals surface area contributed by atoms with Crippen molar-refractivity contribution in [3.05, 3.63) is 0 Å². The van der Waals surface area contributed by atoms with Crippen molar-refractivity contribution in [3.63, 3.8) is 0 Å². The van der Waals surface area contributed by atoms with Crippen molar-refractivity contribution in [2.75, 3.05) is 19.6 Å². The molecule has 1 aliphatic carbocycles. The number of piperidine rings is 1. The van der Waals surface area contributed by atoms with E-state index in [4.69, 9.17) is 10.9 Å². The van der Waals surface area contributed by atoms with Crippen molar-refractivity contribution in [1.29, 1.82) is 0 Å². The molecule has 5 heteroatoms. The minimum Gasteiger partial charge on any atom is -0.409 e. The molecular weight excluding hydrogens is 218 g/mol. The van der Waals surface area contributed by atoms with Crippen LogP contribution < -0.4 is 5.73 Å².